The molecule has 0 aliphatic heterocycles. The van der Waals surface area contributed by atoms with Gasteiger partial charge in [-0.1, -0.05) is 68.8 Å². The predicted octanol–water partition coefficient (Wildman–Crippen LogP) is 3.85. The zero-order valence-corrected chi connectivity index (χ0v) is 22.0. The molecular formula is C27H39N3O4S. The van der Waals surface area contributed by atoms with Crippen molar-refractivity contribution < 1.29 is 18.0 Å². The van der Waals surface area contributed by atoms with Gasteiger partial charge in [0, 0.05) is 33.1 Å². The molecule has 0 spiro atoms. The lowest BCUT2D eigenvalue weighted by atomic mass is 10.1. The van der Waals surface area contributed by atoms with Gasteiger partial charge in [0.05, 0.1) is 4.90 Å². The number of nitrogens with zero attached hydrogens (tertiary/aromatic N) is 2. The Morgan fingerprint density at radius 2 is 1.54 bits per heavy atom. The highest BCUT2D eigenvalue weighted by molar-refractivity contribution is 7.89. The minimum atomic E-state index is -3.61. The van der Waals surface area contributed by atoms with Crippen LogP contribution in [0.2, 0.25) is 0 Å². The smallest absolute Gasteiger partial charge is 0.242 e. The number of carbonyl (C=O) groups is 2. The maximum Gasteiger partial charge on any atom is 0.242 e. The summed E-state index contributed by atoms with van der Waals surface area (Å²) in [6.07, 6.45) is 3.57. The quantitative estimate of drug-likeness (QED) is 0.376. The van der Waals surface area contributed by atoms with Crippen LogP contribution >= 0.6 is 0 Å². The first-order valence-electron chi connectivity index (χ1n) is 12.4. The summed E-state index contributed by atoms with van der Waals surface area (Å²) in [5, 5.41) is 2.96. The monoisotopic (exact) mass is 501 g/mol. The van der Waals surface area contributed by atoms with Crippen LogP contribution in [0.1, 0.15) is 51.5 Å². The molecule has 8 heteroatoms. The van der Waals surface area contributed by atoms with Gasteiger partial charge in [0.25, 0.3) is 0 Å². The fraction of sp³-hybridized carbons (Fsp3) is 0.481. The van der Waals surface area contributed by atoms with Crippen LogP contribution in [0.25, 0.3) is 0 Å². The van der Waals surface area contributed by atoms with E-state index in [1.807, 2.05) is 37.3 Å². The number of hydrogen-bond acceptors (Lipinski definition) is 4. The average molecular weight is 502 g/mol. The Bertz CT molecular complexity index is 1010. The number of nitrogens with one attached hydrogen (secondary N) is 1. The fourth-order valence-corrected chi connectivity index (χ4v) is 5.12. The van der Waals surface area contributed by atoms with Crippen molar-refractivity contribution in [1.29, 1.82) is 0 Å². The molecule has 0 radical (unpaired) electrons. The van der Waals surface area contributed by atoms with E-state index in [9.17, 15) is 18.0 Å². The largest absolute Gasteiger partial charge is 0.354 e. The van der Waals surface area contributed by atoms with Crippen molar-refractivity contribution in [2.45, 2.75) is 63.3 Å². The molecular weight excluding hydrogens is 462 g/mol. The second-order valence-corrected chi connectivity index (χ2v) is 10.7. The van der Waals surface area contributed by atoms with Gasteiger partial charge in [0.15, 0.2) is 0 Å². The summed E-state index contributed by atoms with van der Waals surface area (Å²) in [7, 11) is -2.08. The summed E-state index contributed by atoms with van der Waals surface area (Å²) in [6.45, 7) is 5.21. The van der Waals surface area contributed by atoms with Gasteiger partial charge in [-0.3, -0.25) is 9.59 Å². The molecule has 35 heavy (non-hydrogen) atoms. The molecule has 2 rings (SSSR count). The van der Waals surface area contributed by atoms with Crippen LogP contribution < -0.4 is 5.32 Å². The van der Waals surface area contributed by atoms with Crippen molar-refractivity contribution in [3.05, 3.63) is 66.2 Å². The Hall–Kier alpha value is -2.71. The van der Waals surface area contributed by atoms with Crippen molar-refractivity contribution in [2.24, 2.45) is 0 Å². The van der Waals surface area contributed by atoms with Gasteiger partial charge in [0.1, 0.15) is 6.04 Å². The Morgan fingerprint density at radius 3 is 2.14 bits per heavy atom. The van der Waals surface area contributed by atoms with E-state index in [0.717, 1.165) is 18.4 Å². The Balaban J connectivity index is 2.05. The van der Waals surface area contributed by atoms with Crippen LogP contribution in [-0.4, -0.2) is 62.2 Å². The van der Waals surface area contributed by atoms with Gasteiger partial charge in [0.2, 0.25) is 21.8 Å². The number of carbonyl (C=O) groups excluding carboxylic acids is 2. The van der Waals surface area contributed by atoms with Crippen molar-refractivity contribution in [3.8, 4) is 0 Å². The first-order chi connectivity index (χ1) is 16.8. The van der Waals surface area contributed by atoms with Gasteiger partial charge in [-0.2, -0.15) is 0 Å². The zero-order valence-electron chi connectivity index (χ0n) is 21.2. The first kappa shape index (κ1) is 28.5. The molecule has 0 saturated heterocycles. The minimum absolute atomic E-state index is 0.133. The fourth-order valence-electron chi connectivity index (χ4n) is 3.89. The SMILES string of the molecule is CCCCNC(=O)[C@@H](CC)N(CCc1ccccc1)C(=O)CCCN(C)S(=O)(=O)c1ccccc1. The molecule has 1 atom stereocenters. The molecule has 2 amide bonds. The maximum absolute atomic E-state index is 13.3. The molecule has 0 saturated carbocycles. The van der Waals surface area contributed by atoms with Gasteiger partial charge in [-0.05, 0) is 43.4 Å². The minimum Gasteiger partial charge on any atom is -0.354 e. The van der Waals surface area contributed by atoms with Crippen LogP contribution in [0.3, 0.4) is 0 Å². The number of amides is 2. The second kappa shape index (κ2) is 14.6. The highest BCUT2D eigenvalue weighted by atomic mass is 32.2. The third-order valence-corrected chi connectivity index (χ3v) is 7.89. The number of sulfonamides is 1. The molecule has 0 aromatic heterocycles. The molecule has 0 heterocycles. The molecule has 0 aliphatic carbocycles. The third kappa shape index (κ3) is 8.78. The summed E-state index contributed by atoms with van der Waals surface area (Å²) in [5.41, 5.74) is 1.10. The maximum atomic E-state index is 13.3. The molecule has 0 bridgehead atoms. The van der Waals surface area contributed by atoms with Crippen molar-refractivity contribution in [2.75, 3.05) is 26.7 Å². The van der Waals surface area contributed by atoms with Crippen LogP contribution in [0, 0.1) is 0 Å². The summed E-state index contributed by atoms with van der Waals surface area (Å²) in [4.78, 5) is 28.1. The summed E-state index contributed by atoms with van der Waals surface area (Å²) in [6, 6.07) is 17.6. The molecule has 0 unspecified atom stereocenters. The van der Waals surface area contributed by atoms with E-state index in [0.29, 0.717) is 32.4 Å². The van der Waals surface area contributed by atoms with Gasteiger partial charge >= 0.3 is 0 Å². The lowest BCUT2D eigenvalue weighted by molar-refractivity contribution is -0.140. The topological polar surface area (TPSA) is 86.8 Å². The highest BCUT2D eigenvalue weighted by Gasteiger charge is 2.28. The Labute approximate surface area is 210 Å². The van der Waals surface area contributed by atoms with Gasteiger partial charge in [-0.25, -0.2) is 12.7 Å². The summed E-state index contributed by atoms with van der Waals surface area (Å²) < 4.78 is 26.8. The van der Waals surface area contributed by atoms with E-state index < -0.39 is 16.1 Å². The van der Waals surface area contributed by atoms with Crippen molar-refractivity contribution >= 4 is 21.8 Å². The van der Waals surface area contributed by atoms with E-state index in [2.05, 4.69) is 12.2 Å². The number of hydrogen-bond donors (Lipinski definition) is 1. The second-order valence-electron chi connectivity index (χ2n) is 8.63. The standard InChI is InChI=1S/C27H39N3O4S/c1-4-6-20-28-27(32)25(5-2)30(22-19-23-14-9-7-10-15-23)26(31)18-13-21-29(3)35(33,34)24-16-11-8-12-17-24/h7-12,14-17,25H,4-6,13,18-22H2,1-3H3,(H,28,32)/t25-/m1/s1. The average Bonchev–Trinajstić information content (AvgIpc) is 2.87. The summed E-state index contributed by atoms with van der Waals surface area (Å²) in [5.74, 6) is -0.268. The van der Waals surface area contributed by atoms with Gasteiger partial charge in [-0.15, -0.1) is 0 Å². The van der Waals surface area contributed by atoms with E-state index >= 15 is 0 Å². The molecule has 7 nitrogen and oxygen atoms in total. The first-order valence-corrected chi connectivity index (χ1v) is 13.9. The van der Waals surface area contributed by atoms with Gasteiger partial charge < -0.3 is 10.2 Å². The van der Waals surface area contributed by atoms with Crippen LogP contribution in [-0.2, 0) is 26.0 Å². The van der Waals surface area contributed by atoms with E-state index in [4.69, 9.17) is 0 Å². The van der Waals surface area contributed by atoms with Crippen LogP contribution in [0.4, 0.5) is 0 Å². The molecule has 0 aliphatic rings. The number of unbranched alkanes of at least 4 members (excludes halogenated alkanes) is 1. The Kier molecular flexibility index (Phi) is 11.9. The summed E-state index contributed by atoms with van der Waals surface area (Å²) >= 11 is 0. The predicted molar refractivity (Wildman–Crippen MR) is 139 cm³/mol. The Morgan fingerprint density at radius 1 is 0.914 bits per heavy atom. The van der Waals surface area contributed by atoms with Crippen molar-refractivity contribution in [1.82, 2.24) is 14.5 Å². The zero-order chi connectivity index (χ0) is 25.7. The molecule has 2 aromatic carbocycles. The normalized spacial score (nSPS) is 12.3. The molecule has 2 aromatic rings. The van der Waals surface area contributed by atoms with Crippen molar-refractivity contribution in [3.63, 3.8) is 0 Å². The molecule has 0 fully saturated rings. The lowest BCUT2D eigenvalue weighted by Crippen LogP contribution is -2.50. The van der Waals surface area contributed by atoms with Crippen LogP contribution in [0.5, 0.6) is 0 Å². The van der Waals surface area contributed by atoms with E-state index in [-0.39, 0.29) is 29.7 Å². The van der Waals surface area contributed by atoms with Crippen LogP contribution in [0.15, 0.2) is 65.6 Å². The third-order valence-electron chi connectivity index (χ3n) is 6.01. The van der Waals surface area contributed by atoms with E-state index in [1.165, 1.54) is 11.4 Å². The molecule has 1 N–H and O–H groups in total. The number of benzene rings is 2. The number of rotatable bonds is 15. The van der Waals surface area contributed by atoms with E-state index in [1.54, 1.807) is 35.2 Å². The highest BCUT2D eigenvalue weighted by Crippen LogP contribution is 2.16. The molecule has 192 valence electrons. The lowest BCUT2D eigenvalue weighted by Gasteiger charge is -2.31.